The van der Waals surface area contributed by atoms with Gasteiger partial charge in [0, 0.05) is 6.54 Å². The molecule has 0 aromatic heterocycles. The molecular formula is C20H33ClN2O2. The van der Waals surface area contributed by atoms with Crippen molar-refractivity contribution in [2.24, 2.45) is 5.92 Å². The molecule has 0 aliphatic carbocycles. The topological polar surface area (TPSA) is 50.4 Å². The van der Waals surface area contributed by atoms with Crippen LogP contribution in [-0.2, 0) is 10.2 Å². The minimum Gasteiger partial charge on any atom is -0.481 e. The quantitative estimate of drug-likeness (QED) is 0.805. The number of hydrogen-bond acceptors (Lipinski definition) is 3. The second-order valence-corrected chi connectivity index (χ2v) is 7.83. The monoisotopic (exact) mass is 368 g/mol. The number of benzene rings is 1. The van der Waals surface area contributed by atoms with Crippen LogP contribution in [0, 0.1) is 5.92 Å². The highest BCUT2D eigenvalue weighted by atomic mass is 35.5. The highest BCUT2D eigenvalue weighted by molar-refractivity contribution is 5.85. The van der Waals surface area contributed by atoms with E-state index in [1.165, 1.54) is 18.4 Å². The van der Waals surface area contributed by atoms with Crippen molar-refractivity contribution in [2.75, 3.05) is 19.6 Å². The molecule has 1 aliphatic heterocycles. The maximum atomic E-state index is 12.2. The number of ether oxygens (including phenoxy) is 1. The zero-order valence-electron chi connectivity index (χ0n) is 15.9. The van der Waals surface area contributed by atoms with Crippen molar-refractivity contribution in [3.05, 3.63) is 29.8 Å². The number of carbonyl (C=O) groups excluding carboxylic acids is 1. The lowest BCUT2D eigenvalue weighted by Crippen LogP contribution is -2.38. The summed E-state index contributed by atoms with van der Waals surface area (Å²) in [6, 6.07) is 8.02. The van der Waals surface area contributed by atoms with Crippen LogP contribution in [0.15, 0.2) is 24.3 Å². The fourth-order valence-corrected chi connectivity index (χ4v) is 3.00. The summed E-state index contributed by atoms with van der Waals surface area (Å²) in [6.45, 7) is 11.3. The van der Waals surface area contributed by atoms with Gasteiger partial charge in [-0.2, -0.15) is 0 Å². The van der Waals surface area contributed by atoms with Crippen LogP contribution in [0.5, 0.6) is 5.75 Å². The largest absolute Gasteiger partial charge is 0.481 e. The van der Waals surface area contributed by atoms with Crippen molar-refractivity contribution in [3.63, 3.8) is 0 Å². The molecular weight excluding hydrogens is 336 g/mol. The smallest absolute Gasteiger partial charge is 0.260 e. The van der Waals surface area contributed by atoms with Crippen LogP contribution in [0.1, 0.15) is 52.5 Å². The first-order valence-corrected chi connectivity index (χ1v) is 9.12. The molecule has 0 spiro atoms. The van der Waals surface area contributed by atoms with E-state index in [1.54, 1.807) is 6.92 Å². The van der Waals surface area contributed by atoms with E-state index in [4.69, 9.17) is 4.74 Å². The summed E-state index contributed by atoms with van der Waals surface area (Å²) in [7, 11) is 0. The highest BCUT2D eigenvalue weighted by Crippen LogP contribution is 2.24. The van der Waals surface area contributed by atoms with Gasteiger partial charge in [-0.1, -0.05) is 32.9 Å². The van der Waals surface area contributed by atoms with E-state index in [0.717, 1.165) is 31.8 Å². The molecule has 1 amide bonds. The maximum Gasteiger partial charge on any atom is 0.260 e. The lowest BCUT2D eigenvalue weighted by atomic mass is 9.87. The van der Waals surface area contributed by atoms with Gasteiger partial charge in [-0.25, -0.2) is 0 Å². The Hall–Kier alpha value is -1.26. The summed E-state index contributed by atoms with van der Waals surface area (Å²) < 4.78 is 5.76. The molecule has 2 atom stereocenters. The minimum absolute atomic E-state index is 0. The molecule has 0 bridgehead atoms. The Kier molecular flexibility index (Phi) is 8.74. The molecule has 2 N–H and O–H groups in total. The van der Waals surface area contributed by atoms with Crippen LogP contribution in [-0.4, -0.2) is 31.6 Å². The fourth-order valence-electron chi connectivity index (χ4n) is 3.00. The number of hydrogen-bond donors (Lipinski definition) is 2. The van der Waals surface area contributed by atoms with E-state index in [9.17, 15) is 4.79 Å². The van der Waals surface area contributed by atoms with E-state index >= 15 is 0 Å². The Labute approximate surface area is 158 Å². The summed E-state index contributed by atoms with van der Waals surface area (Å²) in [4.78, 5) is 12.2. The Balaban J connectivity index is 0.00000312. The van der Waals surface area contributed by atoms with Crippen molar-refractivity contribution in [1.82, 2.24) is 10.6 Å². The molecule has 5 heteroatoms. The predicted octanol–water partition coefficient (Wildman–Crippen LogP) is 3.68. The number of halogens is 1. The first kappa shape index (κ1) is 21.8. The van der Waals surface area contributed by atoms with Gasteiger partial charge in [-0.3, -0.25) is 4.79 Å². The van der Waals surface area contributed by atoms with E-state index < -0.39 is 6.10 Å². The van der Waals surface area contributed by atoms with Crippen LogP contribution in [0.25, 0.3) is 0 Å². The van der Waals surface area contributed by atoms with Gasteiger partial charge in [-0.15, -0.1) is 12.4 Å². The van der Waals surface area contributed by atoms with Crippen LogP contribution in [0.3, 0.4) is 0 Å². The Morgan fingerprint density at radius 3 is 2.56 bits per heavy atom. The SMILES string of the molecule is CC(Oc1ccc(C(C)(C)C)cc1)C(=O)NCCC1CCCNC1.Cl. The van der Waals surface area contributed by atoms with Crippen molar-refractivity contribution in [2.45, 2.75) is 58.5 Å². The Bertz CT molecular complexity index is 519. The molecule has 1 aromatic rings. The summed E-state index contributed by atoms with van der Waals surface area (Å²) in [5, 5.41) is 6.40. The van der Waals surface area contributed by atoms with Crippen molar-refractivity contribution >= 4 is 18.3 Å². The fraction of sp³-hybridized carbons (Fsp3) is 0.650. The molecule has 0 radical (unpaired) electrons. The molecule has 0 saturated carbocycles. The van der Waals surface area contributed by atoms with Crippen LogP contribution < -0.4 is 15.4 Å². The van der Waals surface area contributed by atoms with Gasteiger partial charge in [0.2, 0.25) is 0 Å². The lowest BCUT2D eigenvalue weighted by molar-refractivity contribution is -0.127. The van der Waals surface area contributed by atoms with E-state index in [2.05, 4.69) is 43.5 Å². The third-order valence-corrected chi connectivity index (χ3v) is 4.65. The standard InChI is InChI=1S/C20H32N2O2.ClH/c1-15(19(23)22-13-11-16-6-5-12-21-14-16)24-18-9-7-17(8-10-18)20(2,3)4;/h7-10,15-16,21H,5-6,11-14H2,1-4H3,(H,22,23);1H. The van der Waals surface area contributed by atoms with Crippen LogP contribution >= 0.6 is 12.4 Å². The number of nitrogens with one attached hydrogen (secondary N) is 2. The first-order chi connectivity index (χ1) is 11.4. The molecule has 1 aliphatic rings. The first-order valence-electron chi connectivity index (χ1n) is 9.12. The van der Waals surface area contributed by atoms with E-state index in [0.29, 0.717) is 5.92 Å². The second kappa shape index (κ2) is 10.0. The second-order valence-electron chi connectivity index (χ2n) is 7.83. The Morgan fingerprint density at radius 1 is 1.32 bits per heavy atom. The summed E-state index contributed by atoms with van der Waals surface area (Å²) in [5.74, 6) is 1.38. The zero-order chi connectivity index (χ0) is 17.6. The molecule has 1 fully saturated rings. The third-order valence-electron chi connectivity index (χ3n) is 4.65. The van der Waals surface area contributed by atoms with Crippen molar-refractivity contribution in [3.8, 4) is 5.75 Å². The highest BCUT2D eigenvalue weighted by Gasteiger charge is 2.17. The van der Waals surface area contributed by atoms with Crippen molar-refractivity contribution in [1.29, 1.82) is 0 Å². The molecule has 1 aromatic carbocycles. The number of piperidine rings is 1. The maximum absolute atomic E-state index is 12.2. The predicted molar refractivity (Wildman–Crippen MR) is 106 cm³/mol. The Morgan fingerprint density at radius 2 is 2.00 bits per heavy atom. The number of carbonyl (C=O) groups is 1. The molecule has 1 heterocycles. The number of amides is 1. The van der Waals surface area contributed by atoms with Gasteiger partial charge in [-0.05, 0) is 68.3 Å². The van der Waals surface area contributed by atoms with E-state index in [1.807, 2.05) is 12.1 Å². The normalized spacial score (nSPS) is 18.8. The van der Waals surface area contributed by atoms with Crippen LogP contribution in [0.2, 0.25) is 0 Å². The van der Waals surface area contributed by atoms with Gasteiger partial charge in [0.05, 0.1) is 0 Å². The third kappa shape index (κ3) is 7.25. The average Bonchev–Trinajstić information content (AvgIpc) is 2.55. The van der Waals surface area contributed by atoms with Gasteiger partial charge < -0.3 is 15.4 Å². The summed E-state index contributed by atoms with van der Waals surface area (Å²) in [6.07, 6.45) is 3.05. The molecule has 2 unspecified atom stereocenters. The van der Waals surface area contributed by atoms with E-state index in [-0.39, 0.29) is 23.7 Å². The molecule has 1 saturated heterocycles. The van der Waals surface area contributed by atoms with Gasteiger partial charge >= 0.3 is 0 Å². The zero-order valence-corrected chi connectivity index (χ0v) is 16.7. The molecule has 142 valence electrons. The van der Waals surface area contributed by atoms with Crippen LogP contribution in [0.4, 0.5) is 0 Å². The summed E-state index contributed by atoms with van der Waals surface area (Å²) >= 11 is 0. The minimum atomic E-state index is -0.477. The van der Waals surface area contributed by atoms with Gasteiger partial charge in [0.1, 0.15) is 5.75 Å². The summed E-state index contributed by atoms with van der Waals surface area (Å²) in [5.41, 5.74) is 1.38. The molecule has 4 nitrogen and oxygen atoms in total. The molecule has 2 rings (SSSR count). The van der Waals surface area contributed by atoms with Crippen molar-refractivity contribution < 1.29 is 9.53 Å². The van der Waals surface area contributed by atoms with Gasteiger partial charge in [0.15, 0.2) is 6.10 Å². The number of rotatable bonds is 6. The van der Waals surface area contributed by atoms with Gasteiger partial charge in [0.25, 0.3) is 5.91 Å². The lowest BCUT2D eigenvalue weighted by Gasteiger charge is -2.23. The molecule has 25 heavy (non-hydrogen) atoms. The average molecular weight is 369 g/mol.